The zero-order chi connectivity index (χ0) is 15.0. The van der Waals surface area contributed by atoms with E-state index in [0.717, 1.165) is 13.1 Å². The van der Waals surface area contributed by atoms with E-state index in [4.69, 9.17) is 9.47 Å². The van der Waals surface area contributed by atoms with Crippen LogP contribution in [0.25, 0.3) is 0 Å². The van der Waals surface area contributed by atoms with E-state index in [2.05, 4.69) is 10.6 Å². The number of hydrogen-bond donors (Lipinski definition) is 3. The molecule has 118 valence electrons. The Kier molecular flexibility index (Phi) is 8.01. The molecule has 0 aromatic rings. The zero-order valence-electron chi connectivity index (χ0n) is 12.6. The highest BCUT2D eigenvalue weighted by Gasteiger charge is 2.29. The van der Waals surface area contributed by atoms with E-state index in [0.29, 0.717) is 19.7 Å². The molecule has 1 saturated heterocycles. The van der Waals surface area contributed by atoms with Gasteiger partial charge in [0, 0.05) is 40.3 Å². The largest absolute Gasteiger partial charge is 0.389 e. The van der Waals surface area contributed by atoms with Crippen LogP contribution in [-0.2, 0) is 14.3 Å². The number of hydrogen-bond acceptors (Lipinski definition) is 6. The topological polar surface area (TPSA) is 83.1 Å². The van der Waals surface area contributed by atoms with Gasteiger partial charge in [-0.2, -0.15) is 0 Å². The van der Waals surface area contributed by atoms with E-state index in [-0.39, 0.29) is 24.7 Å². The van der Waals surface area contributed by atoms with Crippen LogP contribution in [0.1, 0.15) is 6.92 Å². The Hall–Kier alpha value is -0.730. The van der Waals surface area contributed by atoms with Gasteiger partial charge < -0.3 is 25.2 Å². The van der Waals surface area contributed by atoms with Crippen molar-refractivity contribution in [1.29, 1.82) is 0 Å². The van der Waals surface area contributed by atoms with Gasteiger partial charge in [-0.3, -0.25) is 9.69 Å². The molecule has 0 aromatic carbocycles. The molecule has 1 aliphatic rings. The fraction of sp³-hybridized carbons (Fsp3) is 0.923. The maximum Gasteiger partial charge on any atom is 0.238 e. The number of methoxy groups -OCH3 is 1. The van der Waals surface area contributed by atoms with Crippen LogP contribution >= 0.6 is 0 Å². The van der Waals surface area contributed by atoms with E-state index in [1.165, 1.54) is 0 Å². The second kappa shape index (κ2) is 9.25. The number of nitrogens with one attached hydrogen (secondary N) is 2. The standard InChI is InChI=1S/C13H27N3O4/c1-10(8-19-3)20-9-11(17)7-16-5-4-15-6-12(16)13(18)14-2/h10-12,15,17H,4-9H2,1-3H3,(H,14,18). The smallest absolute Gasteiger partial charge is 0.238 e. The molecule has 0 aliphatic carbocycles. The quantitative estimate of drug-likeness (QED) is 0.500. The van der Waals surface area contributed by atoms with Crippen molar-refractivity contribution in [2.24, 2.45) is 0 Å². The van der Waals surface area contributed by atoms with E-state index >= 15 is 0 Å². The van der Waals surface area contributed by atoms with Crippen molar-refractivity contribution in [2.45, 2.75) is 25.2 Å². The molecule has 0 radical (unpaired) electrons. The lowest BCUT2D eigenvalue weighted by Crippen LogP contribution is -2.59. The number of ether oxygens (including phenoxy) is 2. The Morgan fingerprint density at radius 2 is 2.30 bits per heavy atom. The molecule has 7 heteroatoms. The van der Waals surface area contributed by atoms with Crippen molar-refractivity contribution < 1.29 is 19.4 Å². The Bertz CT molecular complexity index is 291. The lowest BCUT2D eigenvalue weighted by Gasteiger charge is -2.36. The summed E-state index contributed by atoms with van der Waals surface area (Å²) in [5.41, 5.74) is 0. The van der Waals surface area contributed by atoms with Crippen molar-refractivity contribution in [3.63, 3.8) is 0 Å². The number of β-amino-alcohol motifs (C(OH)–C–C–N with tert-alkyl or cyclic N) is 1. The lowest BCUT2D eigenvalue weighted by molar-refractivity contribution is -0.127. The van der Waals surface area contributed by atoms with E-state index in [9.17, 15) is 9.90 Å². The van der Waals surface area contributed by atoms with Crippen molar-refractivity contribution in [3.05, 3.63) is 0 Å². The monoisotopic (exact) mass is 289 g/mol. The SMILES string of the molecule is CNC(=O)C1CNCCN1CC(O)COC(C)COC. The zero-order valence-corrected chi connectivity index (χ0v) is 12.6. The summed E-state index contributed by atoms with van der Waals surface area (Å²) >= 11 is 0. The molecular weight excluding hydrogens is 262 g/mol. The van der Waals surface area contributed by atoms with Crippen LogP contribution in [0.15, 0.2) is 0 Å². The summed E-state index contributed by atoms with van der Waals surface area (Å²) in [5, 5.41) is 15.9. The number of piperazine rings is 1. The van der Waals surface area contributed by atoms with Gasteiger partial charge in [0.2, 0.25) is 5.91 Å². The van der Waals surface area contributed by atoms with E-state index in [1.54, 1.807) is 14.2 Å². The molecule has 0 spiro atoms. The molecule has 20 heavy (non-hydrogen) atoms. The first-order valence-corrected chi connectivity index (χ1v) is 7.03. The van der Waals surface area contributed by atoms with Crippen LogP contribution in [0.4, 0.5) is 0 Å². The third-order valence-electron chi connectivity index (χ3n) is 3.32. The molecule has 1 amide bonds. The second-order valence-electron chi connectivity index (χ2n) is 5.08. The van der Waals surface area contributed by atoms with Crippen LogP contribution in [0, 0.1) is 0 Å². The molecule has 0 bridgehead atoms. The molecule has 1 fully saturated rings. The minimum atomic E-state index is -0.612. The minimum Gasteiger partial charge on any atom is -0.389 e. The molecule has 1 aliphatic heterocycles. The highest BCUT2D eigenvalue weighted by atomic mass is 16.5. The first-order valence-electron chi connectivity index (χ1n) is 7.03. The first-order chi connectivity index (χ1) is 9.58. The molecule has 3 N–H and O–H groups in total. The van der Waals surface area contributed by atoms with Gasteiger partial charge in [0.1, 0.15) is 6.04 Å². The van der Waals surface area contributed by atoms with Gasteiger partial charge in [0.15, 0.2) is 0 Å². The number of likely N-dealkylation sites (N-methyl/N-ethyl adjacent to an activating group) is 1. The normalized spacial score (nSPS) is 23.3. The summed E-state index contributed by atoms with van der Waals surface area (Å²) in [6, 6.07) is -0.236. The van der Waals surface area contributed by atoms with Crippen molar-refractivity contribution in [3.8, 4) is 0 Å². The van der Waals surface area contributed by atoms with Crippen molar-refractivity contribution in [2.75, 3.05) is 53.6 Å². The highest BCUT2D eigenvalue weighted by molar-refractivity contribution is 5.81. The Morgan fingerprint density at radius 3 is 2.95 bits per heavy atom. The number of amides is 1. The summed E-state index contributed by atoms with van der Waals surface area (Å²) < 4.78 is 10.5. The van der Waals surface area contributed by atoms with Crippen LogP contribution in [-0.4, -0.2) is 87.7 Å². The number of nitrogens with zero attached hydrogens (tertiary/aromatic N) is 1. The van der Waals surface area contributed by atoms with Gasteiger partial charge in [-0.05, 0) is 6.92 Å². The second-order valence-corrected chi connectivity index (χ2v) is 5.08. The number of carbonyl (C=O) groups excluding carboxylic acids is 1. The maximum absolute atomic E-state index is 11.8. The molecule has 0 aromatic heterocycles. The number of aliphatic hydroxyl groups excluding tert-OH is 1. The van der Waals surface area contributed by atoms with Gasteiger partial charge in [0.05, 0.1) is 25.4 Å². The predicted octanol–water partition coefficient (Wildman–Crippen LogP) is -1.58. The fourth-order valence-electron chi connectivity index (χ4n) is 2.27. The summed E-state index contributed by atoms with van der Waals surface area (Å²) in [5.74, 6) is -0.0296. The number of rotatable bonds is 8. The van der Waals surface area contributed by atoms with Crippen LogP contribution in [0.3, 0.4) is 0 Å². The van der Waals surface area contributed by atoms with Crippen LogP contribution in [0.2, 0.25) is 0 Å². The van der Waals surface area contributed by atoms with Crippen molar-refractivity contribution in [1.82, 2.24) is 15.5 Å². The fourth-order valence-corrected chi connectivity index (χ4v) is 2.27. The van der Waals surface area contributed by atoms with Crippen LogP contribution < -0.4 is 10.6 Å². The number of carbonyl (C=O) groups is 1. The van der Waals surface area contributed by atoms with Crippen LogP contribution in [0.5, 0.6) is 0 Å². The summed E-state index contributed by atoms with van der Waals surface area (Å²) in [6.45, 7) is 5.24. The van der Waals surface area contributed by atoms with Gasteiger partial charge in [-0.25, -0.2) is 0 Å². The highest BCUT2D eigenvalue weighted by Crippen LogP contribution is 2.06. The molecule has 3 unspecified atom stereocenters. The minimum absolute atomic E-state index is 0.0296. The Morgan fingerprint density at radius 1 is 1.55 bits per heavy atom. The molecule has 1 heterocycles. The van der Waals surface area contributed by atoms with Gasteiger partial charge in [-0.1, -0.05) is 0 Å². The summed E-state index contributed by atoms with van der Waals surface area (Å²) in [4.78, 5) is 13.8. The van der Waals surface area contributed by atoms with Crippen molar-refractivity contribution >= 4 is 5.91 Å². The third kappa shape index (κ3) is 5.72. The molecule has 3 atom stereocenters. The lowest BCUT2D eigenvalue weighted by atomic mass is 10.1. The average Bonchev–Trinajstić information content (AvgIpc) is 2.45. The molecule has 1 rings (SSSR count). The maximum atomic E-state index is 11.8. The van der Waals surface area contributed by atoms with E-state index in [1.807, 2.05) is 11.8 Å². The van der Waals surface area contributed by atoms with E-state index < -0.39 is 6.10 Å². The Labute approximate surface area is 120 Å². The van der Waals surface area contributed by atoms with Gasteiger partial charge >= 0.3 is 0 Å². The number of aliphatic hydroxyl groups is 1. The molecular formula is C13H27N3O4. The molecule has 7 nitrogen and oxygen atoms in total. The van der Waals surface area contributed by atoms with Gasteiger partial charge in [0.25, 0.3) is 0 Å². The average molecular weight is 289 g/mol. The summed E-state index contributed by atoms with van der Waals surface area (Å²) in [7, 11) is 3.24. The third-order valence-corrected chi connectivity index (χ3v) is 3.32. The Balaban J connectivity index is 2.37. The first kappa shape index (κ1) is 17.3. The summed E-state index contributed by atoms with van der Waals surface area (Å²) in [6.07, 6.45) is -0.660. The van der Waals surface area contributed by atoms with Gasteiger partial charge in [-0.15, -0.1) is 0 Å². The predicted molar refractivity (Wildman–Crippen MR) is 75.6 cm³/mol. The molecule has 0 saturated carbocycles.